The molecular formula is C19H30FN3O3. The molecule has 1 aliphatic rings. The van der Waals surface area contributed by atoms with Crippen molar-refractivity contribution in [2.75, 3.05) is 46.6 Å². The zero-order valence-corrected chi connectivity index (χ0v) is 15.7. The molecule has 1 aromatic carbocycles. The average molecular weight is 367 g/mol. The van der Waals surface area contributed by atoms with Gasteiger partial charge in [-0.3, -0.25) is 4.99 Å². The number of nitrogens with one attached hydrogen (secondary N) is 2. The molecule has 2 N–H and O–H groups in total. The second kappa shape index (κ2) is 11.7. The number of halogens is 1. The Bertz CT molecular complexity index is 563. The standard InChI is InChI=1S/C19H30FN3O3/c1-3-26-18-6-5-15(11-17(18)20)12-23-19(21-2)22-8-4-9-24-13-16-7-10-25-14-16/h5-6,11,16H,3-4,7-10,12-14H2,1-2H3,(H2,21,22,23). The van der Waals surface area contributed by atoms with E-state index in [9.17, 15) is 4.39 Å². The molecule has 1 heterocycles. The first-order valence-corrected chi connectivity index (χ1v) is 9.24. The predicted molar refractivity (Wildman–Crippen MR) is 100 cm³/mol. The van der Waals surface area contributed by atoms with Crippen LogP contribution in [-0.2, 0) is 16.0 Å². The highest BCUT2D eigenvalue weighted by Crippen LogP contribution is 2.18. The second-order valence-corrected chi connectivity index (χ2v) is 6.21. The lowest BCUT2D eigenvalue weighted by Crippen LogP contribution is -2.37. The van der Waals surface area contributed by atoms with Gasteiger partial charge in [-0.15, -0.1) is 0 Å². The molecule has 1 fully saturated rings. The minimum Gasteiger partial charge on any atom is -0.491 e. The van der Waals surface area contributed by atoms with Gasteiger partial charge >= 0.3 is 0 Å². The molecular weight excluding hydrogens is 337 g/mol. The number of benzene rings is 1. The highest BCUT2D eigenvalue weighted by molar-refractivity contribution is 5.79. The Kier molecular flexibility index (Phi) is 9.20. The number of hydrogen-bond donors (Lipinski definition) is 2. The van der Waals surface area contributed by atoms with E-state index in [-0.39, 0.29) is 11.6 Å². The van der Waals surface area contributed by atoms with Crippen LogP contribution < -0.4 is 15.4 Å². The van der Waals surface area contributed by atoms with Gasteiger partial charge in [0, 0.05) is 39.3 Å². The van der Waals surface area contributed by atoms with Crippen LogP contribution in [0.15, 0.2) is 23.2 Å². The van der Waals surface area contributed by atoms with Crippen LogP contribution in [0.1, 0.15) is 25.3 Å². The molecule has 0 radical (unpaired) electrons. The number of ether oxygens (including phenoxy) is 3. The van der Waals surface area contributed by atoms with E-state index in [1.165, 1.54) is 6.07 Å². The molecule has 146 valence electrons. The summed E-state index contributed by atoms with van der Waals surface area (Å²) in [5, 5.41) is 6.40. The number of guanidine groups is 1. The molecule has 26 heavy (non-hydrogen) atoms. The van der Waals surface area contributed by atoms with Gasteiger partial charge < -0.3 is 24.8 Å². The Morgan fingerprint density at radius 1 is 1.38 bits per heavy atom. The van der Waals surface area contributed by atoms with Crippen molar-refractivity contribution in [3.63, 3.8) is 0 Å². The van der Waals surface area contributed by atoms with E-state index in [0.717, 1.165) is 44.8 Å². The van der Waals surface area contributed by atoms with Gasteiger partial charge in [0.05, 0.1) is 19.8 Å². The van der Waals surface area contributed by atoms with Crippen LogP contribution in [0.2, 0.25) is 0 Å². The van der Waals surface area contributed by atoms with Gasteiger partial charge in [-0.25, -0.2) is 4.39 Å². The van der Waals surface area contributed by atoms with E-state index >= 15 is 0 Å². The first-order chi connectivity index (χ1) is 12.7. The largest absolute Gasteiger partial charge is 0.491 e. The normalized spacial score (nSPS) is 17.3. The van der Waals surface area contributed by atoms with Crippen LogP contribution in [0.5, 0.6) is 5.75 Å². The zero-order chi connectivity index (χ0) is 18.6. The zero-order valence-electron chi connectivity index (χ0n) is 15.7. The number of hydrogen-bond acceptors (Lipinski definition) is 4. The lowest BCUT2D eigenvalue weighted by molar-refractivity contribution is 0.0888. The molecule has 0 spiro atoms. The third-order valence-corrected chi connectivity index (χ3v) is 4.12. The molecule has 0 saturated carbocycles. The van der Waals surface area contributed by atoms with E-state index in [4.69, 9.17) is 14.2 Å². The van der Waals surface area contributed by atoms with Crippen LogP contribution in [-0.4, -0.2) is 52.6 Å². The average Bonchev–Trinajstić information content (AvgIpc) is 3.16. The van der Waals surface area contributed by atoms with E-state index in [1.807, 2.05) is 13.0 Å². The van der Waals surface area contributed by atoms with E-state index < -0.39 is 0 Å². The van der Waals surface area contributed by atoms with Gasteiger partial charge in [0.2, 0.25) is 0 Å². The third-order valence-electron chi connectivity index (χ3n) is 4.12. The molecule has 6 nitrogen and oxygen atoms in total. The summed E-state index contributed by atoms with van der Waals surface area (Å²) in [7, 11) is 1.71. The maximum atomic E-state index is 13.9. The summed E-state index contributed by atoms with van der Waals surface area (Å²) in [6, 6.07) is 4.97. The minimum atomic E-state index is -0.348. The Morgan fingerprint density at radius 3 is 2.96 bits per heavy atom. The van der Waals surface area contributed by atoms with Crippen molar-refractivity contribution in [1.29, 1.82) is 0 Å². The van der Waals surface area contributed by atoms with E-state index in [0.29, 0.717) is 31.6 Å². The number of nitrogens with zero attached hydrogens (tertiary/aromatic N) is 1. The molecule has 1 unspecified atom stereocenters. The van der Waals surface area contributed by atoms with Gasteiger partial charge in [0.25, 0.3) is 0 Å². The highest BCUT2D eigenvalue weighted by atomic mass is 19.1. The Morgan fingerprint density at radius 2 is 2.27 bits per heavy atom. The fourth-order valence-corrected chi connectivity index (χ4v) is 2.68. The first kappa shape index (κ1) is 20.5. The topological polar surface area (TPSA) is 64.1 Å². The Hall–Kier alpha value is -1.86. The summed E-state index contributed by atoms with van der Waals surface area (Å²) in [6.45, 7) is 6.69. The van der Waals surface area contributed by atoms with Gasteiger partial charge in [-0.05, 0) is 37.5 Å². The van der Waals surface area contributed by atoms with Crippen molar-refractivity contribution >= 4 is 5.96 Å². The fraction of sp³-hybridized carbons (Fsp3) is 0.632. The second-order valence-electron chi connectivity index (χ2n) is 6.21. The summed E-state index contributed by atoms with van der Waals surface area (Å²) in [6.07, 6.45) is 1.99. The maximum Gasteiger partial charge on any atom is 0.191 e. The van der Waals surface area contributed by atoms with Crippen LogP contribution >= 0.6 is 0 Å². The molecule has 0 bridgehead atoms. The van der Waals surface area contributed by atoms with Crippen molar-refractivity contribution in [3.05, 3.63) is 29.6 Å². The monoisotopic (exact) mass is 367 g/mol. The quantitative estimate of drug-likeness (QED) is 0.378. The lowest BCUT2D eigenvalue weighted by Gasteiger charge is -2.13. The molecule has 0 aromatic heterocycles. The molecule has 1 aromatic rings. The SMILES string of the molecule is CCOc1ccc(CNC(=NC)NCCCOCC2CCOC2)cc1F. The van der Waals surface area contributed by atoms with Crippen molar-refractivity contribution in [2.45, 2.75) is 26.3 Å². The van der Waals surface area contributed by atoms with Crippen LogP contribution in [0.3, 0.4) is 0 Å². The van der Waals surface area contributed by atoms with Crippen molar-refractivity contribution in [1.82, 2.24) is 10.6 Å². The molecule has 0 amide bonds. The molecule has 0 aliphatic carbocycles. The lowest BCUT2D eigenvalue weighted by atomic mass is 10.1. The van der Waals surface area contributed by atoms with Gasteiger partial charge in [0.15, 0.2) is 17.5 Å². The van der Waals surface area contributed by atoms with Gasteiger partial charge in [-0.1, -0.05) is 6.07 Å². The van der Waals surface area contributed by atoms with E-state index in [2.05, 4.69) is 15.6 Å². The van der Waals surface area contributed by atoms with Gasteiger partial charge in [-0.2, -0.15) is 0 Å². The molecule has 1 saturated heterocycles. The Labute approximate surface area is 155 Å². The van der Waals surface area contributed by atoms with Crippen LogP contribution in [0, 0.1) is 11.7 Å². The van der Waals surface area contributed by atoms with Crippen molar-refractivity contribution in [3.8, 4) is 5.75 Å². The van der Waals surface area contributed by atoms with Crippen LogP contribution in [0.4, 0.5) is 4.39 Å². The smallest absolute Gasteiger partial charge is 0.191 e. The first-order valence-electron chi connectivity index (χ1n) is 9.24. The number of rotatable bonds is 10. The van der Waals surface area contributed by atoms with Crippen molar-refractivity contribution in [2.24, 2.45) is 10.9 Å². The fourth-order valence-electron chi connectivity index (χ4n) is 2.68. The molecule has 1 aliphatic heterocycles. The highest BCUT2D eigenvalue weighted by Gasteiger charge is 2.15. The van der Waals surface area contributed by atoms with E-state index in [1.54, 1.807) is 13.1 Å². The minimum absolute atomic E-state index is 0.280. The molecule has 7 heteroatoms. The maximum absolute atomic E-state index is 13.9. The number of aliphatic imine (C=N–C) groups is 1. The summed E-state index contributed by atoms with van der Waals surface area (Å²) < 4.78 is 30.1. The van der Waals surface area contributed by atoms with Gasteiger partial charge in [0.1, 0.15) is 0 Å². The summed E-state index contributed by atoms with van der Waals surface area (Å²) in [4.78, 5) is 4.17. The molecule has 2 rings (SSSR count). The molecule has 1 atom stereocenters. The summed E-state index contributed by atoms with van der Waals surface area (Å²) >= 11 is 0. The van der Waals surface area contributed by atoms with Crippen molar-refractivity contribution < 1.29 is 18.6 Å². The predicted octanol–water partition coefficient (Wildman–Crippen LogP) is 2.33. The van der Waals surface area contributed by atoms with Crippen LogP contribution in [0.25, 0.3) is 0 Å². The Balaban J connectivity index is 1.60. The third kappa shape index (κ3) is 7.17. The summed E-state index contributed by atoms with van der Waals surface area (Å²) in [5.74, 6) is 1.16. The summed E-state index contributed by atoms with van der Waals surface area (Å²) in [5.41, 5.74) is 0.830.